The first-order valence-corrected chi connectivity index (χ1v) is 11.9. The lowest BCUT2D eigenvalue weighted by Crippen LogP contribution is -2.30. The summed E-state index contributed by atoms with van der Waals surface area (Å²) in [6.45, 7) is 4.31. The Kier molecular flexibility index (Phi) is 7.69. The first-order valence-electron chi connectivity index (χ1n) is 11.5. The van der Waals surface area contributed by atoms with E-state index in [2.05, 4.69) is 5.32 Å². The van der Waals surface area contributed by atoms with Crippen molar-refractivity contribution in [2.24, 2.45) is 0 Å². The van der Waals surface area contributed by atoms with Crippen LogP contribution in [0, 0.1) is 17.0 Å². The highest BCUT2D eigenvalue weighted by molar-refractivity contribution is 7.80. The van der Waals surface area contributed by atoms with Crippen molar-refractivity contribution in [3.05, 3.63) is 93.2 Å². The Morgan fingerprint density at radius 3 is 2.49 bits per heavy atom. The zero-order valence-electron chi connectivity index (χ0n) is 20.5. The molecule has 1 aliphatic rings. The van der Waals surface area contributed by atoms with Crippen molar-refractivity contribution in [2.45, 2.75) is 20.5 Å². The Bertz CT molecular complexity index is 1390. The van der Waals surface area contributed by atoms with E-state index < -0.39 is 4.92 Å². The number of carbonyl (C=O) groups excluding carboxylic acids is 1. The molecular weight excluding hydrogens is 494 g/mol. The molecule has 0 saturated carbocycles. The highest BCUT2D eigenvalue weighted by atomic mass is 32.1. The second-order valence-corrected chi connectivity index (χ2v) is 8.53. The normalized spacial score (nSPS) is 14.0. The van der Waals surface area contributed by atoms with Crippen LogP contribution in [0.3, 0.4) is 0 Å². The molecule has 0 aromatic heterocycles. The Balaban J connectivity index is 1.56. The molecule has 10 heteroatoms. The summed E-state index contributed by atoms with van der Waals surface area (Å²) in [7, 11) is 1.53. The molecule has 1 N–H and O–H groups in total. The van der Waals surface area contributed by atoms with Crippen LogP contribution in [0.5, 0.6) is 17.2 Å². The van der Waals surface area contributed by atoms with Crippen LogP contribution in [-0.2, 0) is 11.4 Å². The van der Waals surface area contributed by atoms with Crippen molar-refractivity contribution in [1.82, 2.24) is 5.32 Å². The molecule has 0 radical (unpaired) electrons. The number of nitro benzene ring substituents is 1. The fraction of sp³-hybridized carbons (Fsp3) is 0.185. The summed E-state index contributed by atoms with van der Waals surface area (Å²) < 4.78 is 16.7. The van der Waals surface area contributed by atoms with Crippen LogP contribution in [-0.4, -0.2) is 29.7 Å². The van der Waals surface area contributed by atoms with Crippen LogP contribution < -0.4 is 24.4 Å². The largest absolute Gasteiger partial charge is 0.496 e. The average Bonchev–Trinajstić information content (AvgIpc) is 3.15. The topological polar surface area (TPSA) is 103 Å². The SMILES string of the molecule is CCOc1ccc(N2C(=O)/C(=C\c3ccc(OC)c(COc4cc(C)ccc4[N+](=O)[O-])c3)NC2=S)cc1. The molecule has 0 atom stereocenters. The van der Waals surface area contributed by atoms with Gasteiger partial charge in [-0.1, -0.05) is 12.1 Å². The minimum Gasteiger partial charge on any atom is -0.496 e. The summed E-state index contributed by atoms with van der Waals surface area (Å²) in [6, 6.07) is 17.1. The number of nitrogens with zero attached hydrogens (tertiary/aromatic N) is 2. The van der Waals surface area contributed by atoms with Crippen molar-refractivity contribution in [1.29, 1.82) is 0 Å². The van der Waals surface area contributed by atoms with Gasteiger partial charge in [0.1, 0.15) is 23.8 Å². The number of methoxy groups -OCH3 is 1. The molecule has 1 amide bonds. The number of thiocarbonyl (C=S) groups is 1. The van der Waals surface area contributed by atoms with Gasteiger partial charge in [-0.2, -0.15) is 0 Å². The second-order valence-electron chi connectivity index (χ2n) is 8.14. The average molecular weight is 520 g/mol. The maximum Gasteiger partial charge on any atom is 0.310 e. The first-order chi connectivity index (χ1) is 17.8. The number of hydrogen-bond donors (Lipinski definition) is 1. The number of hydrogen-bond acceptors (Lipinski definition) is 7. The Labute approximate surface area is 219 Å². The molecule has 37 heavy (non-hydrogen) atoms. The third-order valence-corrected chi connectivity index (χ3v) is 5.88. The number of ether oxygens (including phenoxy) is 3. The number of anilines is 1. The fourth-order valence-corrected chi connectivity index (χ4v) is 4.14. The molecule has 0 bridgehead atoms. The third-order valence-electron chi connectivity index (χ3n) is 5.59. The number of nitro groups is 1. The predicted octanol–water partition coefficient (Wildman–Crippen LogP) is 5.15. The quantitative estimate of drug-likeness (QED) is 0.179. The van der Waals surface area contributed by atoms with E-state index in [9.17, 15) is 14.9 Å². The molecule has 0 aliphatic carbocycles. The van der Waals surface area contributed by atoms with Crippen molar-refractivity contribution in [2.75, 3.05) is 18.6 Å². The van der Waals surface area contributed by atoms with Crippen LogP contribution in [0.15, 0.2) is 66.4 Å². The molecule has 3 aromatic rings. The highest BCUT2D eigenvalue weighted by Crippen LogP contribution is 2.31. The van der Waals surface area contributed by atoms with Gasteiger partial charge in [-0.25, -0.2) is 0 Å². The zero-order chi connectivity index (χ0) is 26.5. The van der Waals surface area contributed by atoms with E-state index in [1.165, 1.54) is 18.1 Å². The molecule has 1 saturated heterocycles. The molecule has 1 aliphatic heterocycles. The summed E-state index contributed by atoms with van der Waals surface area (Å²) in [4.78, 5) is 25.5. The van der Waals surface area contributed by atoms with Gasteiger partial charge in [0.25, 0.3) is 5.91 Å². The Morgan fingerprint density at radius 1 is 1.05 bits per heavy atom. The smallest absolute Gasteiger partial charge is 0.310 e. The molecule has 3 aromatic carbocycles. The second kappa shape index (κ2) is 11.1. The van der Waals surface area contributed by atoms with Gasteiger partial charge in [0.2, 0.25) is 0 Å². The highest BCUT2D eigenvalue weighted by Gasteiger charge is 2.32. The van der Waals surface area contributed by atoms with Gasteiger partial charge >= 0.3 is 5.69 Å². The number of nitrogens with one attached hydrogen (secondary N) is 1. The zero-order valence-corrected chi connectivity index (χ0v) is 21.3. The van der Waals surface area contributed by atoms with E-state index in [4.69, 9.17) is 26.4 Å². The number of rotatable bonds is 9. The summed E-state index contributed by atoms with van der Waals surface area (Å²) in [5.74, 6) is 1.13. The van der Waals surface area contributed by atoms with E-state index in [1.54, 1.807) is 60.7 Å². The van der Waals surface area contributed by atoms with E-state index in [-0.39, 0.29) is 29.1 Å². The lowest BCUT2D eigenvalue weighted by atomic mass is 10.1. The minimum atomic E-state index is -0.483. The van der Waals surface area contributed by atoms with Crippen LogP contribution >= 0.6 is 12.2 Å². The number of carbonyl (C=O) groups is 1. The van der Waals surface area contributed by atoms with Crippen molar-refractivity contribution >= 4 is 40.7 Å². The van der Waals surface area contributed by atoms with E-state index in [0.717, 1.165) is 5.56 Å². The third kappa shape index (κ3) is 5.70. The van der Waals surface area contributed by atoms with Gasteiger partial charge < -0.3 is 19.5 Å². The Morgan fingerprint density at radius 2 is 1.81 bits per heavy atom. The van der Waals surface area contributed by atoms with Crippen LogP contribution in [0.4, 0.5) is 11.4 Å². The van der Waals surface area contributed by atoms with Crippen molar-refractivity contribution in [3.8, 4) is 17.2 Å². The van der Waals surface area contributed by atoms with Crippen LogP contribution in [0.2, 0.25) is 0 Å². The monoisotopic (exact) mass is 519 g/mol. The lowest BCUT2D eigenvalue weighted by molar-refractivity contribution is -0.386. The van der Waals surface area contributed by atoms with Crippen molar-refractivity contribution in [3.63, 3.8) is 0 Å². The molecule has 0 unspecified atom stereocenters. The fourth-order valence-electron chi connectivity index (χ4n) is 3.84. The number of amides is 1. The van der Waals surface area contributed by atoms with Gasteiger partial charge in [-0.15, -0.1) is 0 Å². The molecule has 190 valence electrons. The molecule has 1 fully saturated rings. The minimum absolute atomic E-state index is 0.0303. The van der Waals surface area contributed by atoms with Gasteiger partial charge in [0.15, 0.2) is 10.9 Å². The first kappa shape index (κ1) is 25.6. The standard InChI is InChI=1S/C27H25N3O6S/c1-4-35-21-9-7-20(8-10-21)29-26(31)22(28-27(29)37)15-18-6-12-24(34-3)19(14-18)16-36-25-13-17(2)5-11-23(25)30(32)33/h5-15H,4,16H2,1-3H3,(H,28,37)/b22-15+. The molecule has 9 nitrogen and oxygen atoms in total. The molecule has 4 rings (SSSR count). The van der Waals surface area contributed by atoms with E-state index in [1.807, 2.05) is 13.8 Å². The van der Waals surface area contributed by atoms with E-state index in [0.29, 0.717) is 40.6 Å². The maximum atomic E-state index is 13.1. The van der Waals surface area contributed by atoms with Crippen molar-refractivity contribution < 1.29 is 23.9 Å². The van der Waals surface area contributed by atoms with Gasteiger partial charge in [0.05, 0.1) is 24.3 Å². The lowest BCUT2D eigenvalue weighted by Gasteiger charge is -2.14. The molecule has 1 heterocycles. The maximum absolute atomic E-state index is 13.1. The predicted molar refractivity (Wildman–Crippen MR) is 144 cm³/mol. The number of benzene rings is 3. The van der Waals surface area contributed by atoms with Gasteiger partial charge in [-0.05, 0) is 85.7 Å². The van der Waals surface area contributed by atoms with E-state index >= 15 is 0 Å². The molecule has 0 spiro atoms. The Hall–Kier alpha value is -4.44. The summed E-state index contributed by atoms with van der Waals surface area (Å²) in [6.07, 6.45) is 1.68. The summed E-state index contributed by atoms with van der Waals surface area (Å²) >= 11 is 5.41. The van der Waals surface area contributed by atoms with Crippen LogP contribution in [0.25, 0.3) is 6.08 Å². The number of aryl methyl sites for hydroxylation is 1. The summed E-state index contributed by atoms with van der Waals surface area (Å²) in [5.41, 5.74) is 3.01. The summed E-state index contributed by atoms with van der Waals surface area (Å²) in [5, 5.41) is 14.6. The van der Waals surface area contributed by atoms with Crippen LogP contribution in [0.1, 0.15) is 23.6 Å². The van der Waals surface area contributed by atoms with Gasteiger partial charge in [0, 0.05) is 11.6 Å². The molecular formula is C27H25N3O6S. The van der Waals surface area contributed by atoms with Gasteiger partial charge in [-0.3, -0.25) is 19.8 Å².